The predicted molar refractivity (Wildman–Crippen MR) is 350 cm³/mol. The lowest BCUT2D eigenvalue weighted by Gasteiger charge is -2.28. The van der Waals surface area contributed by atoms with Gasteiger partial charge in [0, 0.05) is 51.5 Å². The van der Waals surface area contributed by atoms with E-state index in [1.165, 1.54) is 44.5 Å². The van der Waals surface area contributed by atoms with Crippen LogP contribution in [0.4, 0.5) is 22.7 Å². The highest BCUT2D eigenvalue weighted by Crippen LogP contribution is 2.51. The highest BCUT2D eigenvalue weighted by Gasteiger charge is 2.32. The van der Waals surface area contributed by atoms with Crippen LogP contribution in [-0.2, 0) is 16.2 Å². The van der Waals surface area contributed by atoms with Crippen molar-refractivity contribution in [3.05, 3.63) is 266 Å². The molecule has 10 aromatic carbocycles. The third-order valence-electron chi connectivity index (χ3n) is 16.6. The first-order valence-corrected chi connectivity index (χ1v) is 29.1. The number of benzene rings is 10. The van der Waals surface area contributed by atoms with Crippen LogP contribution in [-0.4, -0.2) is 16.2 Å². The van der Waals surface area contributed by atoms with E-state index in [0.29, 0.717) is 6.67 Å². The smallest absolute Gasteiger partial charge is 0.137 e. The van der Waals surface area contributed by atoms with Crippen LogP contribution < -0.4 is 14.5 Å². The largest absolute Gasteiger partial charge is 0.457 e. The molecule has 3 heterocycles. The van der Waals surface area contributed by atoms with Crippen molar-refractivity contribution in [3.63, 3.8) is 0 Å². The van der Waals surface area contributed by atoms with Crippen molar-refractivity contribution in [2.24, 2.45) is 0 Å². The Labute approximate surface area is 489 Å². The van der Waals surface area contributed by atoms with Crippen molar-refractivity contribution < 1.29 is 4.74 Å². The molecule has 5 nitrogen and oxygen atoms in total. The Balaban J connectivity index is 0.934. The van der Waals surface area contributed by atoms with Gasteiger partial charge in [0.05, 0.1) is 28.1 Å². The number of fused-ring (bicyclic) bond motifs is 4. The van der Waals surface area contributed by atoms with Crippen LogP contribution in [0.2, 0.25) is 0 Å². The van der Waals surface area contributed by atoms with Gasteiger partial charge in [-0.1, -0.05) is 244 Å². The van der Waals surface area contributed by atoms with Crippen LogP contribution >= 0.6 is 0 Å². The van der Waals surface area contributed by atoms with E-state index in [9.17, 15) is 0 Å². The van der Waals surface area contributed by atoms with Gasteiger partial charge >= 0.3 is 0 Å². The number of ether oxygens (including phenoxy) is 1. The van der Waals surface area contributed by atoms with Crippen molar-refractivity contribution in [2.45, 2.75) is 78.6 Å². The van der Waals surface area contributed by atoms with Gasteiger partial charge in [0.15, 0.2) is 0 Å². The van der Waals surface area contributed by atoms with Crippen molar-refractivity contribution in [2.75, 3.05) is 16.5 Å². The highest BCUT2D eigenvalue weighted by molar-refractivity contribution is 6.16. The molecular weight excluding hydrogens is 1010 g/mol. The minimum Gasteiger partial charge on any atom is -0.457 e. The Hall–Kier alpha value is -9.45. The number of hydrogen-bond acceptors (Lipinski definition) is 4. The number of rotatable bonds is 10. The lowest BCUT2D eigenvalue weighted by molar-refractivity contribution is 0.483. The molecule has 2 aromatic heterocycles. The summed E-state index contributed by atoms with van der Waals surface area (Å²) in [7, 11) is 0. The van der Waals surface area contributed by atoms with Crippen LogP contribution in [0.3, 0.4) is 0 Å². The minimum absolute atomic E-state index is 0.00755. The molecule has 5 heteroatoms. The first kappa shape index (κ1) is 52.9. The van der Waals surface area contributed by atoms with Crippen molar-refractivity contribution in [3.8, 4) is 73.0 Å². The van der Waals surface area contributed by atoms with Crippen LogP contribution in [0.5, 0.6) is 11.5 Å². The molecule has 0 saturated carbocycles. The molecule has 12 aromatic rings. The molecule has 0 radical (unpaired) electrons. The zero-order valence-electron chi connectivity index (χ0n) is 49.1. The maximum Gasteiger partial charge on any atom is 0.137 e. The molecule has 408 valence electrons. The Morgan fingerprint density at radius 3 is 1.58 bits per heavy atom. The summed E-state index contributed by atoms with van der Waals surface area (Å²) in [6.07, 6.45) is 2.06. The van der Waals surface area contributed by atoms with Crippen molar-refractivity contribution in [1.82, 2.24) is 9.55 Å². The summed E-state index contributed by atoms with van der Waals surface area (Å²) < 4.78 is 9.57. The van der Waals surface area contributed by atoms with Crippen LogP contribution in [0, 0.1) is 0 Å². The third-order valence-corrected chi connectivity index (χ3v) is 16.6. The van der Waals surface area contributed by atoms with E-state index in [2.05, 4.69) is 326 Å². The molecular formula is C78H70N4O. The zero-order chi connectivity index (χ0) is 57.2. The molecule has 0 fully saturated rings. The first-order valence-electron chi connectivity index (χ1n) is 29.1. The minimum atomic E-state index is -0.160. The number of pyridine rings is 1. The van der Waals surface area contributed by atoms with Gasteiger partial charge in [0.25, 0.3) is 0 Å². The average Bonchev–Trinajstić information content (AvgIpc) is 2.43. The molecule has 0 atom stereocenters. The molecule has 0 amide bonds. The summed E-state index contributed by atoms with van der Waals surface area (Å²) >= 11 is 0. The van der Waals surface area contributed by atoms with Gasteiger partial charge in [-0.25, -0.2) is 4.98 Å². The van der Waals surface area contributed by atoms with E-state index < -0.39 is 0 Å². The second-order valence-electron chi connectivity index (χ2n) is 25.3. The van der Waals surface area contributed by atoms with E-state index in [-0.39, 0.29) is 16.2 Å². The fourth-order valence-electron chi connectivity index (χ4n) is 12.2. The fourth-order valence-corrected chi connectivity index (χ4v) is 12.2. The van der Waals surface area contributed by atoms with Gasteiger partial charge in [-0.3, -0.25) is 4.57 Å². The van der Waals surface area contributed by atoms with Gasteiger partial charge in [-0.15, -0.1) is 0 Å². The monoisotopic (exact) mass is 1080 g/mol. The molecule has 0 spiro atoms. The Kier molecular flexibility index (Phi) is 13.3. The predicted octanol–water partition coefficient (Wildman–Crippen LogP) is 21.4. The fraction of sp³-hybridized carbons (Fsp3) is 0.167. The van der Waals surface area contributed by atoms with Crippen molar-refractivity contribution in [1.29, 1.82) is 0 Å². The standard InChI is InChI=1S/C78H70N4O/c1-76(2,3)58-41-37-54(38-42-58)63-32-22-33-64(57-28-20-27-56(45-57)52-23-12-10-13-24-52)75(63)81-51-80(70-35-18-19-36-71(70)81)60-29-21-30-61(46-60)83-62-47-66(55-39-43-59(44-40-55)77(4,5)6)74-65-31-16-17-34-69(65)82(72(74)48-62)73-49-68(78(7,8)9)67(50-79-73)53-25-14-11-15-26-53/h10-50H,51H2,1-9H3. The molecule has 1 aliphatic heterocycles. The Bertz CT molecular complexity index is 4360. The molecule has 1 aliphatic rings. The van der Waals surface area contributed by atoms with Crippen LogP contribution in [0.1, 0.15) is 79.0 Å². The zero-order valence-corrected chi connectivity index (χ0v) is 49.1. The van der Waals surface area contributed by atoms with Gasteiger partial charge in [0.1, 0.15) is 24.0 Å². The van der Waals surface area contributed by atoms with Crippen LogP contribution in [0.15, 0.2) is 249 Å². The lowest BCUT2D eigenvalue weighted by Crippen LogP contribution is -2.25. The number of hydrogen-bond donors (Lipinski definition) is 0. The summed E-state index contributed by atoms with van der Waals surface area (Å²) in [6.45, 7) is 21.1. The molecule has 0 N–H and O–H groups in total. The molecule has 13 rings (SSSR count). The normalized spacial score (nSPS) is 12.8. The maximum atomic E-state index is 7.23. The van der Waals surface area contributed by atoms with Crippen LogP contribution in [0.25, 0.3) is 83.3 Å². The Morgan fingerprint density at radius 1 is 0.373 bits per heavy atom. The summed E-state index contributed by atoms with van der Waals surface area (Å²) in [5.74, 6) is 2.34. The molecule has 0 aliphatic carbocycles. The summed E-state index contributed by atoms with van der Waals surface area (Å²) in [4.78, 5) is 10.2. The van der Waals surface area contributed by atoms with Gasteiger partial charge in [-0.2, -0.15) is 0 Å². The molecule has 0 bridgehead atoms. The SMILES string of the molecule is CC(C)(C)c1ccc(-c2cccc(-c3cccc(-c4ccccc4)c3)c2N2CN(c3cccc(Oc4cc(-c5ccc(C(C)(C)C)cc5)c5c6ccccc6n(-c6cc(C(C)(C)C)c(-c7ccccc7)cn6)c5c4)c3)c3ccccc32)cc1. The Morgan fingerprint density at radius 2 is 0.916 bits per heavy atom. The average molecular weight is 1080 g/mol. The number of para-hydroxylation sites is 4. The first-order chi connectivity index (χ1) is 40.0. The van der Waals surface area contributed by atoms with E-state index in [1.807, 2.05) is 0 Å². The van der Waals surface area contributed by atoms with E-state index in [0.717, 1.165) is 89.7 Å². The maximum absolute atomic E-state index is 7.23. The summed E-state index contributed by atoms with van der Waals surface area (Å²) in [6, 6.07) is 88.3. The van der Waals surface area contributed by atoms with Gasteiger partial charge in [0.2, 0.25) is 0 Å². The lowest BCUT2D eigenvalue weighted by atomic mass is 9.82. The summed E-state index contributed by atoms with van der Waals surface area (Å²) in [5, 5.41) is 2.31. The van der Waals surface area contributed by atoms with E-state index in [4.69, 9.17) is 9.72 Å². The second-order valence-corrected chi connectivity index (χ2v) is 25.3. The molecule has 0 saturated heterocycles. The number of nitrogens with zero attached hydrogens (tertiary/aromatic N) is 4. The van der Waals surface area contributed by atoms with Gasteiger partial charge in [-0.05, 0) is 120 Å². The van der Waals surface area contributed by atoms with Crippen molar-refractivity contribution >= 4 is 44.6 Å². The quantitative estimate of drug-likeness (QED) is 0.137. The summed E-state index contributed by atoms with van der Waals surface area (Å²) in [5.41, 5.74) is 21.8. The van der Waals surface area contributed by atoms with E-state index in [1.54, 1.807) is 0 Å². The molecule has 83 heavy (non-hydrogen) atoms. The topological polar surface area (TPSA) is 33.5 Å². The van der Waals surface area contributed by atoms with E-state index >= 15 is 0 Å². The second kappa shape index (κ2) is 20.8. The molecule has 0 unspecified atom stereocenters. The third kappa shape index (κ3) is 10.1. The highest BCUT2D eigenvalue weighted by atomic mass is 16.5. The number of aromatic nitrogens is 2. The van der Waals surface area contributed by atoms with Gasteiger partial charge < -0.3 is 14.5 Å². The number of anilines is 4.